The van der Waals surface area contributed by atoms with Gasteiger partial charge >= 0.3 is 0 Å². The molecular formula is C6H11NO. The zero-order valence-corrected chi connectivity index (χ0v) is 4.89. The minimum Gasteiger partial charge on any atom is -0.324 e. The van der Waals surface area contributed by atoms with Gasteiger partial charge in [-0.1, -0.05) is 6.08 Å². The van der Waals surface area contributed by atoms with E-state index in [2.05, 4.69) is 6.58 Å². The standard InChI is InChI=1S/C6H11NO/c1-2-3-4-6(8)5-7/h2H,1,3-5,7H2. The molecule has 0 unspecified atom stereocenters. The summed E-state index contributed by atoms with van der Waals surface area (Å²) in [6, 6.07) is 0. The smallest absolute Gasteiger partial charge is 0.146 e. The summed E-state index contributed by atoms with van der Waals surface area (Å²) in [5.41, 5.74) is 5.03. The lowest BCUT2D eigenvalue weighted by Gasteiger charge is -1.88. The van der Waals surface area contributed by atoms with Crippen LogP contribution in [0.25, 0.3) is 0 Å². The van der Waals surface area contributed by atoms with E-state index in [0.717, 1.165) is 6.42 Å². The third-order valence-corrected chi connectivity index (χ3v) is 0.855. The Balaban J connectivity index is 3.11. The zero-order chi connectivity index (χ0) is 6.41. The van der Waals surface area contributed by atoms with Gasteiger partial charge in [0.2, 0.25) is 0 Å². The third-order valence-electron chi connectivity index (χ3n) is 0.855. The molecule has 2 N–H and O–H groups in total. The molecule has 46 valence electrons. The van der Waals surface area contributed by atoms with Crippen molar-refractivity contribution in [1.82, 2.24) is 0 Å². The molecule has 0 fully saturated rings. The van der Waals surface area contributed by atoms with Crippen LogP contribution in [0.15, 0.2) is 12.7 Å². The number of carbonyl (C=O) groups is 1. The van der Waals surface area contributed by atoms with Gasteiger partial charge in [-0.2, -0.15) is 0 Å². The first-order valence-corrected chi connectivity index (χ1v) is 2.64. The van der Waals surface area contributed by atoms with Crippen molar-refractivity contribution in [1.29, 1.82) is 0 Å². The summed E-state index contributed by atoms with van der Waals surface area (Å²) in [6.07, 6.45) is 3.00. The van der Waals surface area contributed by atoms with E-state index in [-0.39, 0.29) is 12.3 Å². The highest BCUT2D eigenvalue weighted by molar-refractivity contribution is 5.80. The predicted octanol–water partition coefficient (Wildman–Crippen LogP) is 0.480. The fourth-order valence-electron chi connectivity index (χ4n) is 0.365. The van der Waals surface area contributed by atoms with Crippen LogP contribution in [0.5, 0.6) is 0 Å². The lowest BCUT2D eigenvalue weighted by atomic mass is 10.2. The number of carbonyl (C=O) groups excluding carboxylic acids is 1. The fourth-order valence-corrected chi connectivity index (χ4v) is 0.365. The summed E-state index contributed by atoms with van der Waals surface area (Å²) in [4.78, 5) is 10.4. The molecule has 0 aliphatic heterocycles. The third kappa shape index (κ3) is 3.56. The summed E-state index contributed by atoms with van der Waals surface area (Å²) in [6.45, 7) is 3.63. The molecule has 0 rings (SSSR count). The molecule has 0 atom stereocenters. The Morgan fingerprint density at radius 3 is 2.75 bits per heavy atom. The average Bonchev–Trinajstić information content (AvgIpc) is 1.83. The topological polar surface area (TPSA) is 43.1 Å². The maximum Gasteiger partial charge on any atom is 0.146 e. The Morgan fingerprint density at radius 1 is 1.75 bits per heavy atom. The van der Waals surface area contributed by atoms with E-state index < -0.39 is 0 Å². The van der Waals surface area contributed by atoms with Crippen LogP contribution in [-0.2, 0) is 4.79 Å². The van der Waals surface area contributed by atoms with Crippen molar-refractivity contribution in [3.8, 4) is 0 Å². The van der Waals surface area contributed by atoms with Crippen LogP contribution in [0.3, 0.4) is 0 Å². The van der Waals surface area contributed by atoms with E-state index in [1.165, 1.54) is 0 Å². The SMILES string of the molecule is C=CCCC(=O)CN. The minimum absolute atomic E-state index is 0.102. The predicted molar refractivity (Wildman–Crippen MR) is 33.5 cm³/mol. The van der Waals surface area contributed by atoms with Gasteiger partial charge in [0.15, 0.2) is 0 Å². The summed E-state index contributed by atoms with van der Waals surface area (Å²) < 4.78 is 0. The molecule has 0 amide bonds. The van der Waals surface area contributed by atoms with E-state index in [0.29, 0.717) is 6.42 Å². The second kappa shape index (κ2) is 4.53. The monoisotopic (exact) mass is 113 g/mol. The van der Waals surface area contributed by atoms with Gasteiger partial charge in [0.25, 0.3) is 0 Å². The first kappa shape index (κ1) is 7.37. The second-order valence-electron chi connectivity index (χ2n) is 1.57. The molecule has 0 saturated heterocycles. The summed E-state index contributed by atoms with van der Waals surface area (Å²) >= 11 is 0. The van der Waals surface area contributed by atoms with Crippen LogP contribution in [0.2, 0.25) is 0 Å². The highest BCUT2D eigenvalue weighted by atomic mass is 16.1. The van der Waals surface area contributed by atoms with Gasteiger partial charge < -0.3 is 5.73 Å². The van der Waals surface area contributed by atoms with Crippen molar-refractivity contribution in [3.63, 3.8) is 0 Å². The van der Waals surface area contributed by atoms with E-state index in [1.54, 1.807) is 6.08 Å². The lowest BCUT2D eigenvalue weighted by molar-refractivity contribution is -0.117. The molecule has 0 saturated carbocycles. The van der Waals surface area contributed by atoms with Crippen LogP contribution >= 0.6 is 0 Å². The van der Waals surface area contributed by atoms with Crippen molar-refractivity contribution in [3.05, 3.63) is 12.7 Å². The first-order valence-electron chi connectivity index (χ1n) is 2.64. The van der Waals surface area contributed by atoms with E-state index in [4.69, 9.17) is 5.73 Å². The van der Waals surface area contributed by atoms with Gasteiger partial charge in [0.05, 0.1) is 6.54 Å². The van der Waals surface area contributed by atoms with Crippen molar-refractivity contribution >= 4 is 5.78 Å². The zero-order valence-electron chi connectivity index (χ0n) is 4.89. The summed E-state index contributed by atoms with van der Waals surface area (Å²) in [5.74, 6) is 0.102. The number of hydrogen-bond acceptors (Lipinski definition) is 2. The van der Waals surface area contributed by atoms with E-state index >= 15 is 0 Å². The van der Waals surface area contributed by atoms with Crippen molar-refractivity contribution in [2.24, 2.45) is 5.73 Å². The van der Waals surface area contributed by atoms with E-state index in [1.807, 2.05) is 0 Å². The molecule has 0 aromatic heterocycles. The number of ketones is 1. The minimum atomic E-state index is 0.102. The summed E-state index contributed by atoms with van der Waals surface area (Å²) in [5, 5.41) is 0. The molecule has 0 spiro atoms. The second-order valence-corrected chi connectivity index (χ2v) is 1.57. The van der Waals surface area contributed by atoms with Crippen LogP contribution in [0.1, 0.15) is 12.8 Å². The number of Topliss-reactive ketones (excluding diaryl/α,β-unsaturated/α-hetero) is 1. The molecule has 0 aromatic carbocycles. The molecule has 0 bridgehead atoms. The van der Waals surface area contributed by atoms with Crippen molar-refractivity contribution in [2.45, 2.75) is 12.8 Å². The van der Waals surface area contributed by atoms with Crippen LogP contribution in [0, 0.1) is 0 Å². The summed E-state index contributed by atoms with van der Waals surface area (Å²) in [7, 11) is 0. The molecule has 0 aliphatic rings. The lowest BCUT2D eigenvalue weighted by Crippen LogP contribution is -2.12. The Morgan fingerprint density at radius 2 is 2.38 bits per heavy atom. The maximum atomic E-state index is 10.4. The quantitative estimate of drug-likeness (QED) is 0.539. The van der Waals surface area contributed by atoms with Crippen molar-refractivity contribution < 1.29 is 4.79 Å². The maximum absolute atomic E-state index is 10.4. The molecule has 0 aliphatic carbocycles. The fraction of sp³-hybridized carbons (Fsp3) is 0.500. The highest BCUT2D eigenvalue weighted by Crippen LogP contribution is 1.88. The number of allylic oxidation sites excluding steroid dienone is 1. The number of nitrogens with two attached hydrogens (primary N) is 1. The molecular weight excluding hydrogens is 102 g/mol. The molecule has 0 radical (unpaired) electrons. The number of hydrogen-bond donors (Lipinski definition) is 1. The normalized spacial score (nSPS) is 8.62. The Bertz CT molecular complexity index is 88.5. The molecule has 2 heteroatoms. The largest absolute Gasteiger partial charge is 0.324 e. The Labute approximate surface area is 49.4 Å². The van der Waals surface area contributed by atoms with Gasteiger partial charge in [-0.25, -0.2) is 0 Å². The molecule has 0 heterocycles. The first-order chi connectivity index (χ1) is 3.81. The Kier molecular flexibility index (Phi) is 4.17. The molecule has 2 nitrogen and oxygen atoms in total. The van der Waals surface area contributed by atoms with Crippen LogP contribution < -0.4 is 5.73 Å². The van der Waals surface area contributed by atoms with Gasteiger partial charge in [0.1, 0.15) is 5.78 Å². The van der Waals surface area contributed by atoms with Crippen LogP contribution in [-0.4, -0.2) is 12.3 Å². The number of rotatable bonds is 4. The van der Waals surface area contributed by atoms with Crippen molar-refractivity contribution in [2.75, 3.05) is 6.54 Å². The van der Waals surface area contributed by atoms with Gasteiger partial charge in [0, 0.05) is 6.42 Å². The van der Waals surface area contributed by atoms with Gasteiger partial charge in [-0.3, -0.25) is 4.79 Å². The van der Waals surface area contributed by atoms with E-state index in [9.17, 15) is 4.79 Å². The average molecular weight is 113 g/mol. The van der Waals surface area contributed by atoms with Gasteiger partial charge in [-0.15, -0.1) is 6.58 Å². The van der Waals surface area contributed by atoms with Crippen LogP contribution in [0.4, 0.5) is 0 Å². The van der Waals surface area contributed by atoms with Gasteiger partial charge in [-0.05, 0) is 6.42 Å². The molecule has 8 heavy (non-hydrogen) atoms. The molecule has 0 aromatic rings. The Hall–Kier alpha value is -0.630. The highest BCUT2D eigenvalue weighted by Gasteiger charge is 1.92.